The van der Waals surface area contributed by atoms with Crippen LogP contribution in [0.5, 0.6) is 0 Å². The van der Waals surface area contributed by atoms with Crippen LogP contribution in [0.2, 0.25) is 0 Å². The van der Waals surface area contributed by atoms with Crippen molar-refractivity contribution in [3.05, 3.63) is 65.9 Å². The lowest BCUT2D eigenvalue weighted by Crippen LogP contribution is -2.32. The van der Waals surface area contributed by atoms with Gasteiger partial charge in [-0.1, -0.05) is 12.1 Å². The fraction of sp³-hybridized carbons (Fsp3) is 0.304. The Kier molecular flexibility index (Phi) is 7.55. The zero-order chi connectivity index (χ0) is 23.1. The number of nitrogens with one attached hydrogen (secondary N) is 3. The number of hydroxylamine groups is 2. The van der Waals surface area contributed by atoms with E-state index in [2.05, 4.69) is 16.0 Å². The molecular weight excluding hydrogens is 428 g/mol. The summed E-state index contributed by atoms with van der Waals surface area (Å²) in [5.41, 5.74) is 2.99. The second-order valence-electron chi connectivity index (χ2n) is 8.08. The Hall–Kier alpha value is -3.30. The Labute approximate surface area is 193 Å². The molecule has 0 aliphatic carbocycles. The van der Waals surface area contributed by atoms with E-state index in [1.165, 1.54) is 0 Å². The highest BCUT2D eigenvalue weighted by Gasteiger charge is 2.16. The predicted octanol–water partition coefficient (Wildman–Crippen LogP) is 4.67. The van der Waals surface area contributed by atoms with Crippen LogP contribution in [-0.2, 0) is 20.9 Å². The van der Waals surface area contributed by atoms with Crippen molar-refractivity contribution in [3.63, 3.8) is 0 Å². The number of anilines is 2. The molecule has 0 atom stereocenters. The third-order valence-corrected chi connectivity index (χ3v) is 4.50. The summed E-state index contributed by atoms with van der Waals surface area (Å²) in [6.45, 7) is 6.20. The summed E-state index contributed by atoms with van der Waals surface area (Å²) < 4.78 is 10.8. The Bertz CT molecular complexity index is 986. The van der Waals surface area contributed by atoms with Gasteiger partial charge in [-0.15, -0.1) is 0 Å². The fourth-order valence-corrected chi connectivity index (χ4v) is 3.10. The van der Waals surface area contributed by atoms with E-state index in [1.54, 1.807) is 18.4 Å². The van der Waals surface area contributed by atoms with E-state index in [0.29, 0.717) is 18.4 Å². The molecule has 3 rings (SSSR count). The van der Waals surface area contributed by atoms with E-state index in [0.717, 1.165) is 28.3 Å². The topological polar surface area (TPSA) is 84.1 Å². The highest BCUT2D eigenvalue weighted by Crippen LogP contribution is 2.23. The summed E-state index contributed by atoms with van der Waals surface area (Å²) in [4.78, 5) is 17.0. The van der Waals surface area contributed by atoms with Gasteiger partial charge in [0, 0.05) is 23.5 Å². The Morgan fingerprint density at radius 3 is 2.50 bits per heavy atom. The summed E-state index contributed by atoms with van der Waals surface area (Å²) in [5, 5.41) is 11.1. The number of amides is 1. The molecule has 32 heavy (non-hydrogen) atoms. The van der Waals surface area contributed by atoms with Gasteiger partial charge in [-0.25, -0.2) is 9.86 Å². The number of rotatable bonds is 6. The van der Waals surface area contributed by atoms with Gasteiger partial charge in [0.1, 0.15) is 11.4 Å². The quantitative estimate of drug-likeness (QED) is 0.541. The molecular formula is C23H28N4O4S. The molecule has 1 aliphatic heterocycles. The zero-order valence-corrected chi connectivity index (χ0v) is 19.4. The molecule has 1 heterocycles. The van der Waals surface area contributed by atoms with Gasteiger partial charge >= 0.3 is 6.09 Å². The number of carbonyl (C=O) groups is 1. The highest BCUT2D eigenvalue weighted by atomic mass is 32.1. The molecule has 0 bridgehead atoms. The first kappa shape index (κ1) is 23.4. The van der Waals surface area contributed by atoms with Gasteiger partial charge in [-0.3, -0.25) is 4.84 Å². The molecule has 0 aromatic heterocycles. The number of hydrogen-bond acceptors (Lipinski definition) is 6. The van der Waals surface area contributed by atoms with Crippen molar-refractivity contribution in [2.45, 2.75) is 32.9 Å². The van der Waals surface area contributed by atoms with E-state index in [4.69, 9.17) is 26.5 Å². The monoisotopic (exact) mass is 456 g/mol. The molecule has 1 amide bonds. The van der Waals surface area contributed by atoms with E-state index in [-0.39, 0.29) is 0 Å². The molecule has 0 radical (unpaired) electrons. The molecule has 0 unspecified atom stereocenters. The Morgan fingerprint density at radius 1 is 1.12 bits per heavy atom. The SMILES string of the molecule is CON1C=C(c2ccc(NC(=S)Nc3cccc(CNC(=O)OC(C)(C)C)c3)cc2)OC1. The summed E-state index contributed by atoms with van der Waals surface area (Å²) >= 11 is 5.43. The highest BCUT2D eigenvalue weighted by molar-refractivity contribution is 7.80. The maximum atomic E-state index is 11.8. The molecule has 0 saturated carbocycles. The zero-order valence-electron chi connectivity index (χ0n) is 18.6. The van der Waals surface area contributed by atoms with Crippen molar-refractivity contribution in [3.8, 4) is 0 Å². The lowest BCUT2D eigenvalue weighted by atomic mass is 10.2. The van der Waals surface area contributed by atoms with Crippen LogP contribution >= 0.6 is 12.2 Å². The first-order valence-corrected chi connectivity index (χ1v) is 10.5. The van der Waals surface area contributed by atoms with Gasteiger partial charge in [0.05, 0.1) is 13.3 Å². The van der Waals surface area contributed by atoms with Crippen LogP contribution < -0.4 is 16.0 Å². The number of thiocarbonyl (C=S) groups is 1. The fourth-order valence-electron chi connectivity index (χ4n) is 2.86. The van der Waals surface area contributed by atoms with Crippen molar-refractivity contribution in [1.29, 1.82) is 0 Å². The minimum Gasteiger partial charge on any atom is -0.469 e. The summed E-state index contributed by atoms with van der Waals surface area (Å²) in [7, 11) is 1.59. The number of ether oxygens (including phenoxy) is 2. The van der Waals surface area contributed by atoms with Gasteiger partial charge in [-0.2, -0.15) is 0 Å². The normalized spacial score (nSPS) is 13.1. The molecule has 0 spiro atoms. The van der Waals surface area contributed by atoms with E-state index in [9.17, 15) is 4.79 Å². The number of alkyl carbamates (subject to hydrolysis) is 1. The minimum absolute atomic E-state index is 0.352. The second kappa shape index (κ2) is 10.3. The van der Waals surface area contributed by atoms with Crippen LogP contribution in [0.25, 0.3) is 5.76 Å². The predicted molar refractivity (Wildman–Crippen MR) is 129 cm³/mol. The molecule has 2 aromatic rings. The van der Waals surface area contributed by atoms with Crippen LogP contribution in [0.15, 0.2) is 54.7 Å². The largest absolute Gasteiger partial charge is 0.469 e. The molecule has 0 saturated heterocycles. The van der Waals surface area contributed by atoms with Crippen LogP contribution in [-0.4, -0.2) is 35.7 Å². The minimum atomic E-state index is -0.533. The summed E-state index contributed by atoms with van der Waals surface area (Å²) in [5.74, 6) is 0.746. The first-order valence-electron chi connectivity index (χ1n) is 10.1. The average Bonchev–Trinajstić information content (AvgIpc) is 3.21. The first-order chi connectivity index (χ1) is 15.2. The molecule has 2 aromatic carbocycles. The third-order valence-electron chi connectivity index (χ3n) is 4.29. The van der Waals surface area contributed by atoms with Crippen LogP contribution in [0.1, 0.15) is 31.9 Å². The van der Waals surface area contributed by atoms with Crippen molar-refractivity contribution < 1.29 is 19.1 Å². The van der Waals surface area contributed by atoms with Crippen LogP contribution in [0.4, 0.5) is 16.2 Å². The number of carbonyl (C=O) groups excluding carboxylic acids is 1. The summed E-state index contributed by atoms with van der Waals surface area (Å²) in [6, 6.07) is 15.4. The van der Waals surface area contributed by atoms with E-state index >= 15 is 0 Å². The smallest absolute Gasteiger partial charge is 0.407 e. The van der Waals surface area contributed by atoms with Crippen molar-refractivity contribution in [2.75, 3.05) is 24.5 Å². The Balaban J connectivity index is 1.52. The third kappa shape index (κ3) is 7.14. The summed E-state index contributed by atoms with van der Waals surface area (Å²) in [6.07, 6.45) is 1.35. The van der Waals surface area contributed by atoms with Gasteiger partial charge in [0.25, 0.3) is 0 Å². The van der Waals surface area contributed by atoms with Crippen molar-refractivity contribution in [2.24, 2.45) is 0 Å². The second-order valence-corrected chi connectivity index (χ2v) is 8.49. The van der Waals surface area contributed by atoms with E-state index in [1.807, 2.05) is 69.3 Å². The van der Waals surface area contributed by atoms with Crippen LogP contribution in [0, 0.1) is 0 Å². The van der Waals surface area contributed by atoms with Gasteiger partial charge in [-0.05, 0) is 75.0 Å². The van der Waals surface area contributed by atoms with Gasteiger partial charge in [0.15, 0.2) is 11.8 Å². The van der Waals surface area contributed by atoms with E-state index < -0.39 is 11.7 Å². The maximum Gasteiger partial charge on any atom is 0.407 e. The molecule has 0 fully saturated rings. The maximum absolute atomic E-state index is 11.8. The average molecular weight is 457 g/mol. The molecule has 3 N–H and O–H groups in total. The van der Waals surface area contributed by atoms with Gasteiger partial charge < -0.3 is 25.4 Å². The number of benzene rings is 2. The standard InChI is InChI=1S/C23H28N4O4S/c1-23(2,3)31-22(28)24-13-16-6-5-7-19(12-16)26-21(32)25-18-10-8-17(9-11-18)20-14-27(29-4)15-30-20/h5-12,14H,13,15H2,1-4H3,(H,24,28)(H2,25,26,32). The Morgan fingerprint density at radius 2 is 1.84 bits per heavy atom. The van der Waals surface area contributed by atoms with Crippen molar-refractivity contribution >= 4 is 40.6 Å². The van der Waals surface area contributed by atoms with Crippen LogP contribution in [0.3, 0.4) is 0 Å². The molecule has 8 nitrogen and oxygen atoms in total. The van der Waals surface area contributed by atoms with Gasteiger partial charge in [0.2, 0.25) is 0 Å². The lowest BCUT2D eigenvalue weighted by Gasteiger charge is -2.19. The number of hydrogen-bond donors (Lipinski definition) is 3. The molecule has 170 valence electrons. The van der Waals surface area contributed by atoms with Crippen molar-refractivity contribution in [1.82, 2.24) is 10.4 Å². The molecule has 1 aliphatic rings. The molecule has 9 heteroatoms. The lowest BCUT2D eigenvalue weighted by molar-refractivity contribution is -0.116. The number of nitrogens with zero attached hydrogens (tertiary/aromatic N) is 1.